The average Bonchev–Trinajstić information content (AvgIpc) is 2.69. The zero-order chi connectivity index (χ0) is 13.2. The molecule has 3 heteroatoms. The third kappa shape index (κ3) is 3.01. The lowest BCUT2D eigenvalue weighted by Gasteiger charge is -2.37. The summed E-state index contributed by atoms with van der Waals surface area (Å²) in [5.74, 6) is 2.02. The van der Waals surface area contributed by atoms with Gasteiger partial charge in [-0.05, 0) is 43.4 Å². The van der Waals surface area contributed by atoms with Crippen LogP contribution >= 0.6 is 11.6 Å². The number of rotatable bonds is 3. The van der Waals surface area contributed by atoms with Crippen molar-refractivity contribution in [2.24, 2.45) is 17.3 Å². The van der Waals surface area contributed by atoms with Gasteiger partial charge in [-0.25, -0.2) is 0 Å². The molecule has 2 aliphatic rings. The number of hydrogen-bond donors (Lipinski definition) is 0. The molecule has 0 aromatic rings. The van der Waals surface area contributed by atoms with Crippen molar-refractivity contribution in [2.75, 3.05) is 19.0 Å². The van der Waals surface area contributed by atoms with Crippen molar-refractivity contribution in [1.82, 2.24) is 4.90 Å². The van der Waals surface area contributed by atoms with E-state index in [-0.39, 0.29) is 11.3 Å². The maximum atomic E-state index is 12.7. The number of hydrogen-bond acceptors (Lipinski definition) is 1. The number of amides is 1. The second kappa shape index (κ2) is 5.81. The van der Waals surface area contributed by atoms with Crippen molar-refractivity contribution in [3.8, 4) is 0 Å². The van der Waals surface area contributed by atoms with Crippen LogP contribution in [0.25, 0.3) is 0 Å². The Bertz CT molecular complexity index is 301. The van der Waals surface area contributed by atoms with Gasteiger partial charge in [-0.1, -0.05) is 20.3 Å². The molecule has 18 heavy (non-hydrogen) atoms. The number of halogens is 1. The molecule has 1 amide bonds. The normalized spacial score (nSPS) is 31.6. The summed E-state index contributed by atoms with van der Waals surface area (Å²) < 4.78 is 0. The highest BCUT2D eigenvalue weighted by Gasteiger charge is 2.41. The molecule has 1 aliphatic heterocycles. The molecule has 2 unspecified atom stereocenters. The van der Waals surface area contributed by atoms with Crippen LogP contribution in [0.2, 0.25) is 0 Å². The largest absolute Gasteiger partial charge is 0.342 e. The van der Waals surface area contributed by atoms with Gasteiger partial charge in [-0.2, -0.15) is 0 Å². The molecular weight excluding hydrogens is 246 g/mol. The van der Waals surface area contributed by atoms with Crippen LogP contribution < -0.4 is 0 Å². The van der Waals surface area contributed by atoms with Crippen molar-refractivity contribution in [3.63, 3.8) is 0 Å². The maximum absolute atomic E-state index is 12.7. The van der Waals surface area contributed by atoms with Gasteiger partial charge in [-0.15, -0.1) is 11.6 Å². The Hall–Kier alpha value is -0.240. The lowest BCUT2D eigenvalue weighted by molar-refractivity contribution is -0.140. The van der Waals surface area contributed by atoms with Gasteiger partial charge in [0.2, 0.25) is 5.91 Å². The number of alkyl halides is 1. The second-order valence-corrected chi connectivity index (χ2v) is 7.08. The Kier molecular flexibility index (Phi) is 4.58. The number of likely N-dealkylation sites (tertiary alicyclic amines) is 1. The smallest absolute Gasteiger partial charge is 0.226 e. The van der Waals surface area contributed by atoms with Gasteiger partial charge < -0.3 is 4.90 Å². The first-order valence-corrected chi connectivity index (χ1v) is 7.93. The number of nitrogens with zero attached hydrogens (tertiary/aromatic N) is 1. The summed E-state index contributed by atoms with van der Waals surface area (Å²) in [4.78, 5) is 14.8. The van der Waals surface area contributed by atoms with Gasteiger partial charge in [-0.3, -0.25) is 4.79 Å². The molecule has 104 valence electrons. The van der Waals surface area contributed by atoms with E-state index in [1.54, 1.807) is 0 Å². The fourth-order valence-corrected chi connectivity index (χ4v) is 3.97. The number of carbonyl (C=O) groups excluding carboxylic acids is 1. The predicted octanol–water partition coefficient (Wildman–Crippen LogP) is 3.68. The molecule has 0 radical (unpaired) electrons. The van der Waals surface area contributed by atoms with Crippen LogP contribution in [0, 0.1) is 17.3 Å². The van der Waals surface area contributed by atoms with Gasteiger partial charge in [0.05, 0.1) is 0 Å². The van der Waals surface area contributed by atoms with E-state index >= 15 is 0 Å². The molecular formula is C15H26ClNO. The number of piperidine rings is 1. The van der Waals surface area contributed by atoms with Crippen molar-refractivity contribution < 1.29 is 4.79 Å². The molecule has 1 saturated carbocycles. The molecule has 0 spiro atoms. The SMILES string of the molecule is CC1(C)CCCC1C(=O)N1CCCC(CCCl)C1. The first-order chi connectivity index (χ1) is 8.54. The van der Waals surface area contributed by atoms with Gasteiger partial charge in [0.1, 0.15) is 0 Å². The van der Waals surface area contributed by atoms with E-state index in [9.17, 15) is 4.79 Å². The minimum absolute atomic E-state index is 0.205. The number of carbonyl (C=O) groups is 1. The fraction of sp³-hybridized carbons (Fsp3) is 0.933. The van der Waals surface area contributed by atoms with Crippen LogP contribution in [-0.2, 0) is 4.79 Å². The van der Waals surface area contributed by atoms with Crippen molar-refractivity contribution in [2.45, 2.75) is 52.4 Å². The molecule has 0 aromatic carbocycles. The molecule has 2 fully saturated rings. The van der Waals surface area contributed by atoms with Crippen LogP contribution in [0.3, 0.4) is 0 Å². The maximum Gasteiger partial charge on any atom is 0.226 e. The van der Waals surface area contributed by atoms with E-state index in [1.165, 1.54) is 19.3 Å². The molecule has 1 heterocycles. The zero-order valence-corrected chi connectivity index (χ0v) is 12.5. The summed E-state index contributed by atoms with van der Waals surface area (Å²) in [5.41, 5.74) is 0.205. The van der Waals surface area contributed by atoms with Crippen molar-refractivity contribution >= 4 is 17.5 Å². The summed E-state index contributed by atoms with van der Waals surface area (Å²) in [6, 6.07) is 0. The van der Waals surface area contributed by atoms with Crippen LogP contribution in [-0.4, -0.2) is 29.8 Å². The molecule has 1 saturated heterocycles. The van der Waals surface area contributed by atoms with E-state index in [2.05, 4.69) is 18.7 Å². The highest BCUT2D eigenvalue weighted by atomic mass is 35.5. The zero-order valence-electron chi connectivity index (χ0n) is 11.8. The van der Waals surface area contributed by atoms with Crippen molar-refractivity contribution in [1.29, 1.82) is 0 Å². The third-order valence-corrected chi connectivity index (χ3v) is 5.12. The van der Waals surface area contributed by atoms with Crippen LogP contribution in [0.4, 0.5) is 0 Å². The minimum atomic E-state index is 0.205. The molecule has 0 N–H and O–H groups in total. The Morgan fingerprint density at radius 3 is 2.72 bits per heavy atom. The van der Waals surface area contributed by atoms with Gasteiger partial charge in [0.25, 0.3) is 0 Å². The summed E-state index contributed by atoms with van der Waals surface area (Å²) in [6.45, 7) is 6.41. The summed E-state index contributed by atoms with van der Waals surface area (Å²) in [5, 5.41) is 0. The van der Waals surface area contributed by atoms with E-state index in [4.69, 9.17) is 11.6 Å². The van der Waals surface area contributed by atoms with Gasteiger partial charge >= 0.3 is 0 Å². The Balaban J connectivity index is 1.96. The van der Waals surface area contributed by atoms with Crippen LogP contribution in [0.15, 0.2) is 0 Å². The molecule has 2 nitrogen and oxygen atoms in total. The predicted molar refractivity (Wildman–Crippen MR) is 75.8 cm³/mol. The lowest BCUT2D eigenvalue weighted by atomic mass is 9.80. The molecule has 0 aromatic heterocycles. The van der Waals surface area contributed by atoms with E-state index in [1.807, 2.05) is 0 Å². The molecule has 1 aliphatic carbocycles. The molecule has 2 rings (SSSR count). The highest BCUT2D eigenvalue weighted by molar-refractivity contribution is 6.17. The van der Waals surface area contributed by atoms with Crippen LogP contribution in [0.1, 0.15) is 52.4 Å². The monoisotopic (exact) mass is 271 g/mol. The first-order valence-electron chi connectivity index (χ1n) is 7.39. The lowest BCUT2D eigenvalue weighted by Crippen LogP contribution is -2.45. The first kappa shape index (κ1) is 14.2. The Morgan fingerprint density at radius 1 is 1.33 bits per heavy atom. The Labute approximate surface area is 116 Å². The quantitative estimate of drug-likeness (QED) is 0.717. The van der Waals surface area contributed by atoms with E-state index in [0.717, 1.165) is 38.2 Å². The topological polar surface area (TPSA) is 20.3 Å². The highest BCUT2D eigenvalue weighted by Crippen LogP contribution is 2.43. The fourth-order valence-electron chi connectivity index (χ4n) is 3.66. The molecule has 2 atom stereocenters. The standard InChI is InChI=1S/C15H26ClNO/c1-15(2)8-3-6-13(15)14(18)17-10-4-5-12(11-17)7-9-16/h12-13H,3-11H2,1-2H3. The van der Waals surface area contributed by atoms with E-state index < -0.39 is 0 Å². The summed E-state index contributed by atoms with van der Waals surface area (Å²) in [6.07, 6.45) is 6.94. The van der Waals surface area contributed by atoms with E-state index in [0.29, 0.717) is 11.8 Å². The van der Waals surface area contributed by atoms with Crippen LogP contribution in [0.5, 0.6) is 0 Å². The van der Waals surface area contributed by atoms with Crippen molar-refractivity contribution in [3.05, 3.63) is 0 Å². The Morgan fingerprint density at radius 2 is 2.11 bits per heavy atom. The third-order valence-electron chi connectivity index (χ3n) is 4.90. The van der Waals surface area contributed by atoms with Gasteiger partial charge in [0, 0.05) is 24.9 Å². The van der Waals surface area contributed by atoms with Gasteiger partial charge in [0.15, 0.2) is 0 Å². The molecule has 0 bridgehead atoms. The minimum Gasteiger partial charge on any atom is -0.342 e. The summed E-state index contributed by atoms with van der Waals surface area (Å²) >= 11 is 5.83. The average molecular weight is 272 g/mol. The summed E-state index contributed by atoms with van der Waals surface area (Å²) in [7, 11) is 0. The second-order valence-electron chi connectivity index (χ2n) is 6.70.